The Hall–Kier alpha value is -3.64. The van der Waals surface area contributed by atoms with E-state index < -0.39 is 0 Å². The predicted molar refractivity (Wildman–Crippen MR) is 150 cm³/mol. The molecule has 0 saturated carbocycles. The highest BCUT2D eigenvalue weighted by atomic mass is 31.1. The van der Waals surface area contributed by atoms with E-state index in [-0.39, 0.29) is 11.8 Å². The quantitative estimate of drug-likeness (QED) is 0.317. The van der Waals surface area contributed by atoms with Crippen LogP contribution in [0.25, 0.3) is 16.9 Å². The number of nitrogens with one attached hydrogen (secondary N) is 2. The highest BCUT2D eigenvalue weighted by molar-refractivity contribution is 7.46. The predicted octanol–water partition coefficient (Wildman–Crippen LogP) is 4.38. The lowest BCUT2D eigenvalue weighted by Gasteiger charge is -2.33. The molecule has 2 unspecified atom stereocenters. The number of carbonyl (C=O) groups excluding carboxylic acids is 1. The van der Waals surface area contributed by atoms with Crippen LogP contribution in [0.4, 0.5) is 10.6 Å². The molecule has 0 bridgehead atoms. The topological polar surface area (TPSA) is 94.8 Å². The van der Waals surface area contributed by atoms with Crippen molar-refractivity contribution in [1.29, 1.82) is 0 Å². The van der Waals surface area contributed by atoms with Crippen LogP contribution in [-0.2, 0) is 6.54 Å². The van der Waals surface area contributed by atoms with Crippen molar-refractivity contribution in [3.8, 4) is 17.0 Å². The molecule has 1 aliphatic rings. The van der Waals surface area contributed by atoms with Crippen LogP contribution >= 0.6 is 8.58 Å². The Labute approximate surface area is 218 Å². The van der Waals surface area contributed by atoms with E-state index in [1.807, 2.05) is 39.9 Å². The van der Waals surface area contributed by atoms with E-state index in [1.54, 1.807) is 12.1 Å². The molecule has 37 heavy (non-hydrogen) atoms. The summed E-state index contributed by atoms with van der Waals surface area (Å²) in [4.78, 5) is 19.7. The van der Waals surface area contributed by atoms with E-state index in [0.29, 0.717) is 33.2 Å². The second-order valence-electron chi connectivity index (χ2n) is 9.51. The SMILES string of the molecule is CPc1cnn2c(NCC3CCCN(C(=O)NCc4ccccc4O)C3)cc(-c3ccccc3C)nc12. The number of likely N-dealkylation sites (tertiary alicyclic amines) is 1. The van der Waals surface area contributed by atoms with Crippen LogP contribution in [0.1, 0.15) is 24.0 Å². The molecular weight excluding hydrogens is 483 g/mol. The summed E-state index contributed by atoms with van der Waals surface area (Å²) in [5, 5.41) is 22.3. The number of aromatic hydroxyl groups is 1. The van der Waals surface area contributed by atoms with Crippen LogP contribution in [0.15, 0.2) is 60.8 Å². The maximum Gasteiger partial charge on any atom is 0.317 e. The lowest BCUT2D eigenvalue weighted by atomic mass is 9.98. The van der Waals surface area contributed by atoms with Crippen molar-refractivity contribution in [2.75, 3.05) is 31.6 Å². The first-order chi connectivity index (χ1) is 18.0. The summed E-state index contributed by atoms with van der Waals surface area (Å²) < 4.78 is 1.90. The molecule has 0 spiro atoms. The fourth-order valence-corrected chi connectivity index (χ4v) is 5.44. The number of nitrogens with zero attached hydrogens (tertiary/aromatic N) is 4. The minimum Gasteiger partial charge on any atom is -0.508 e. The number of aromatic nitrogens is 3. The molecular formula is C28H33N6O2P. The summed E-state index contributed by atoms with van der Waals surface area (Å²) in [5.74, 6) is 1.43. The average molecular weight is 517 g/mol. The Kier molecular flexibility index (Phi) is 7.56. The number of hydrogen-bond acceptors (Lipinski definition) is 5. The standard InChI is InChI=1S/C28H33N6O2P/c1-19-8-3-5-11-22(19)23-14-26(34-27(32-23)25(37-2)17-31-34)29-15-20-9-7-13-33(18-20)28(36)30-16-21-10-4-6-12-24(21)35/h3-6,8,10-12,14,17,20,29,35,37H,7,9,13,15-16,18H2,1-2H3,(H,30,36). The molecule has 1 aliphatic heterocycles. The first-order valence-electron chi connectivity index (χ1n) is 12.7. The van der Waals surface area contributed by atoms with Crippen molar-refractivity contribution in [3.63, 3.8) is 0 Å². The monoisotopic (exact) mass is 516 g/mol. The van der Waals surface area contributed by atoms with E-state index in [1.165, 1.54) is 5.56 Å². The molecule has 0 aliphatic carbocycles. The number of anilines is 1. The van der Waals surface area contributed by atoms with Crippen molar-refractivity contribution >= 4 is 31.4 Å². The zero-order chi connectivity index (χ0) is 25.8. The minimum absolute atomic E-state index is 0.0956. The zero-order valence-corrected chi connectivity index (χ0v) is 22.2. The summed E-state index contributed by atoms with van der Waals surface area (Å²) in [6, 6.07) is 17.4. The number of urea groups is 1. The third-order valence-corrected chi connectivity index (χ3v) is 7.85. The van der Waals surface area contributed by atoms with Gasteiger partial charge in [-0.3, -0.25) is 0 Å². The number of piperidine rings is 1. The summed E-state index contributed by atoms with van der Waals surface area (Å²) >= 11 is 0. The molecule has 2 aromatic heterocycles. The molecule has 2 aromatic carbocycles. The zero-order valence-electron chi connectivity index (χ0n) is 21.2. The molecule has 2 atom stereocenters. The van der Waals surface area contributed by atoms with Crippen LogP contribution in [0.5, 0.6) is 5.75 Å². The number of hydrogen-bond donors (Lipinski definition) is 3. The molecule has 1 saturated heterocycles. The Morgan fingerprint density at radius 3 is 2.81 bits per heavy atom. The van der Waals surface area contributed by atoms with E-state index in [4.69, 9.17) is 4.98 Å². The Bertz CT molecular complexity index is 1400. The van der Waals surface area contributed by atoms with Crippen molar-refractivity contribution in [3.05, 3.63) is 71.9 Å². The van der Waals surface area contributed by atoms with Crippen molar-refractivity contribution < 1.29 is 9.90 Å². The van der Waals surface area contributed by atoms with Gasteiger partial charge in [-0.1, -0.05) is 51.0 Å². The van der Waals surface area contributed by atoms with Gasteiger partial charge >= 0.3 is 6.03 Å². The first-order valence-corrected chi connectivity index (χ1v) is 14.2. The van der Waals surface area contributed by atoms with Crippen LogP contribution in [-0.4, -0.2) is 56.9 Å². The third-order valence-electron chi connectivity index (χ3n) is 6.96. The fourth-order valence-electron chi connectivity index (χ4n) is 4.87. The van der Waals surface area contributed by atoms with Crippen molar-refractivity contribution in [2.24, 2.45) is 5.92 Å². The molecule has 2 amide bonds. The normalized spacial score (nSPS) is 15.9. The number of fused-ring (bicyclic) bond motifs is 1. The molecule has 0 radical (unpaired) electrons. The lowest BCUT2D eigenvalue weighted by Crippen LogP contribution is -2.46. The van der Waals surface area contributed by atoms with Gasteiger partial charge in [-0.2, -0.15) is 9.61 Å². The number of benzene rings is 2. The second kappa shape index (κ2) is 11.2. The van der Waals surface area contributed by atoms with E-state index in [2.05, 4.69) is 47.5 Å². The van der Waals surface area contributed by atoms with E-state index in [9.17, 15) is 9.90 Å². The first kappa shape index (κ1) is 25.0. The summed E-state index contributed by atoms with van der Waals surface area (Å²) in [7, 11) is 0.604. The number of phenolic OH excluding ortho intramolecular Hbond substituents is 1. The second-order valence-corrected chi connectivity index (χ2v) is 10.5. The molecule has 192 valence electrons. The van der Waals surface area contributed by atoms with Gasteiger partial charge in [-0.05, 0) is 44.0 Å². The van der Waals surface area contributed by atoms with Crippen molar-refractivity contribution in [1.82, 2.24) is 24.8 Å². The summed E-state index contributed by atoms with van der Waals surface area (Å²) in [5.41, 5.74) is 4.83. The number of amides is 2. The number of rotatable bonds is 7. The van der Waals surface area contributed by atoms with Gasteiger partial charge in [-0.25, -0.2) is 9.78 Å². The average Bonchev–Trinajstić information content (AvgIpc) is 3.35. The smallest absolute Gasteiger partial charge is 0.317 e. The van der Waals surface area contributed by atoms with Gasteiger partial charge < -0.3 is 20.6 Å². The van der Waals surface area contributed by atoms with E-state index >= 15 is 0 Å². The lowest BCUT2D eigenvalue weighted by molar-refractivity contribution is 0.168. The Balaban J connectivity index is 1.28. The van der Waals surface area contributed by atoms with Crippen LogP contribution in [0.2, 0.25) is 0 Å². The Morgan fingerprint density at radius 1 is 1.19 bits per heavy atom. The van der Waals surface area contributed by atoms with Gasteiger partial charge in [0, 0.05) is 48.7 Å². The molecule has 9 heteroatoms. The number of aryl methyl sites for hydroxylation is 1. The van der Waals surface area contributed by atoms with Crippen molar-refractivity contribution in [2.45, 2.75) is 26.3 Å². The number of para-hydroxylation sites is 1. The number of phenols is 1. The maximum atomic E-state index is 12.8. The van der Waals surface area contributed by atoms with Crippen LogP contribution < -0.4 is 15.9 Å². The molecule has 5 rings (SSSR count). The molecule has 4 aromatic rings. The molecule has 3 heterocycles. The van der Waals surface area contributed by atoms with Gasteiger partial charge in [0.25, 0.3) is 0 Å². The highest BCUT2D eigenvalue weighted by Gasteiger charge is 2.24. The van der Waals surface area contributed by atoms with Gasteiger partial charge in [0.05, 0.1) is 11.9 Å². The van der Waals surface area contributed by atoms with Gasteiger partial charge in [0.2, 0.25) is 0 Å². The van der Waals surface area contributed by atoms with Gasteiger partial charge in [0.1, 0.15) is 11.6 Å². The minimum atomic E-state index is -0.0956. The largest absolute Gasteiger partial charge is 0.508 e. The molecule has 3 N–H and O–H groups in total. The van der Waals surface area contributed by atoms with Crippen LogP contribution in [0, 0.1) is 12.8 Å². The highest BCUT2D eigenvalue weighted by Crippen LogP contribution is 2.26. The fraction of sp³-hybridized carbons (Fsp3) is 0.321. The molecule has 1 fully saturated rings. The summed E-state index contributed by atoms with van der Waals surface area (Å²) in [6.45, 7) is 6.71. The third kappa shape index (κ3) is 5.54. The maximum absolute atomic E-state index is 12.8. The van der Waals surface area contributed by atoms with Crippen LogP contribution in [0.3, 0.4) is 0 Å². The number of carbonyl (C=O) groups is 1. The molecule has 8 nitrogen and oxygen atoms in total. The van der Waals surface area contributed by atoms with Gasteiger partial charge in [-0.15, -0.1) is 0 Å². The summed E-state index contributed by atoms with van der Waals surface area (Å²) in [6.07, 6.45) is 3.92. The van der Waals surface area contributed by atoms with E-state index in [0.717, 1.165) is 54.0 Å². The Morgan fingerprint density at radius 2 is 2.00 bits per heavy atom. The van der Waals surface area contributed by atoms with Gasteiger partial charge in [0.15, 0.2) is 5.65 Å².